The summed E-state index contributed by atoms with van der Waals surface area (Å²) in [4.78, 5) is 47.3. The number of nitrogens with zero attached hydrogens (tertiary/aromatic N) is 5. The van der Waals surface area contributed by atoms with Crippen LogP contribution in [-0.4, -0.2) is 76.9 Å². The molecule has 0 spiro atoms. The number of carbonyl (C=O) groups excluding carboxylic acids is 2. The highest BCUT2D eigenvalue weighted by Gasteiger charge is 2.41. The van der Waals surface area contributed by atoms with Crippen molar-refractivity contribution in [3.8, 4) is 0 Å². The van der Waals surface area contributed by atoms with Crippen LogP contribution in [-0.2, 0) is 15.0 Å². The van der Waals surface area contributed by atoms with Gasteiger partial charge in [0.2, 0.25) is 12.8 Å². The van der Waals surface area contributed by atoms with Crippen LogP contribution in [0.3, 0.4) is 0 Å². The monoisotopic (exact) mass is 649 g/mol. The van der Waals surface area contributed by atoms with E-state index in [9.17, 15) is 19.7 Å². The topological polar surface area (TPSA) is 99.4 Å². The van der Waals surface area contributed by atoms with Gasteiger partial charge in [-0.15, -0.1) is 0 Å². The van der Waals surface area contributed by atoms with E-state index in [0.29, 0.717) is 25.9 Å². The molecule has 2 aliphatic rings. The highest BCUT2D eigenvalue weighted by molar-refractivity contribution is 5.94. The van der Waals surface area contributed by atoms with Crippen LogP contribution in [0.2, 0.25) is 0 Å². The molecule has 2 unspecified atom stereocenters. The lowest BCUT2D eigenvalue weighted by molar-refractivity contribution is -0.384. The van der Waals surface area contributed by atoms with Gasteiger partial charge in [-0.25, -0.2) is 0 Å². The molecule has 9 heteroatoms. The van der Waals surface area contributed by atoms with E-state index in [1.165, 1.54) is 23.3 Å². The second kappa shape index (κ2) is 16.0. The largest absolute Gasteiger partial charge is 0.336 e. The predicted octanol–water partition coefficient (Wildman–Crippen LogP) is 6.94. The first-order valence-electron chi connectivity index (χ1n) is 17.2. The first-order valence-corrected chi connectivity index (χ1v) is 17.2. The Morgan fingerprint density at radius 2 is 1.48 bits per heavy atom. The minimum atomic E-state index is -0.416. The van der Waals surface area contributed by atoms with Crippen LogP contribution in [0.25, 0.3) is 0 Å². The molecule has 0 aromatic heterocycles. The van der Waals surface area contributed by atoms with Crippen molar-refractivity contribution in [2.75, 3.05) is 32.7 Å². The summed E-state index contributed by atoms with van der Waals surface area (Å²) in [5, 5.41) is 11.5. The van der Waals surface area contributed by atoms with Crippen LogP contribution in [0.1, 0.15) is 75.5 Å². The molecule has 0 saturated carbocycles. The minimum Gasteiger partial charge on any atom is -0.336 e. The number of allylic oxidation sites excluding steroid dienone is 1. The quantitative estimate of drug-likeness (QED) is 0.101. The van der Waals surface area contributed by atoms with Gasteiger partial charge in [0.05, 0.1) is 28.3 Å². The Balaban J connectivity index is 1.38. The summed E-state index contributed by atoms with van der Waals surface area (Å²) >= 11 is 0. The van der Waals surface area contributed by atoms with Crippen molar-refractivity contribution in [3.63, 3.8) is 0 Å². The van der Waals surface area contributed by atoms with Gasteiger partial charge in [0.25, 0.3) is 5.69 Å². The van der Waals surface area contributed by atoms with E-state index in [-0.39, 0.29) is 11.1 Å². The molecular weight excluding hydrogens is 602 g/mol. The Bertz CT molecular complexity index is 1560. The number of non-ortho nitro benzene ring substituents is 1. The number of piperidine rings is 1. The van der Waals surface area contributed by atoms with E-state index in [2.05, 4.69) is 65.6 Å². The molecule has 5 rings (SSSR count). The zero-order valence-corrected chi connectivity index (χ0v) is 28.3. The molecule has 1 fully saturated rings. The number of carbonyl (C=O) groups is 2. The third kappa shape index (κ3) is 7.11. The van der Waals surface area contributed by atoms with Crippen LogP contribution in [0.4, 0.5) is 5.69 Å². The molecule has 0 bridgehead atoms. The Morgan fingerprint density at radius 1 is 0.875 bits per heavy atom. The molecule has 48 heavy (non-hydrogen) atoms. The summed E-state index contributed by atoms with van der Waals surface area (Å²) in [6, 6.07) is 27.7. The second-order valence-electron chi connectivity index (χ2n) is 12.7. The molecule has 2 amide bonds. The van der Waals surface area contributed by atoms with E-state index in [1.54, 1.807) is 21.9 Å². The predicted molar refractivity (Wildman–Crippen MR) is 190 cm³/mol. The standard InChI is InChI=1S/C39H47N5O4/c1-4-34-37(42(6-3)28-45)36(30-18-20-33(21-19-30)44(47)48)38(35(5-2)40-34)43(29-46)25-13-24-41-26-22-39(23-27-41,31-14-9-7-10-15-31)32-16-11-8-12-17-32/h7-12,14-21,28-29,36-37H,4-6,13,22-27H2,1-3H3. The van der Waals surface area contributed by atoms with Crippen LogP contribution in [0.5, 0.6) is 0 Å². The summed E-state index contributed by atoms with van der Waals surface area (Å²) in [6.07, 6.45) is 5.78. The highest BCUT2D eigenvalue weighted by Crippen LogP contribution is 2.43. The Hall–Kier alpha value is -4.63. The van der Waals surface area contributed by atoms with Crippen molar-refractivity contribution < 1.29 is 14.5 Å². The number of hydrogen-bond donors (Lipinski definition) is 0. The molecule has 2 heterocycles. The van der Waals surface area contributed by atoms with Crippen LogP contribution >= 0.6 is 0 Å². The van der Waals surface area contributed by atoms with Gasteiger partial charge >= 0.3 is 0 Å². The number of hydrogen-bond acceptors (Lipinski definition) is 6. The molecule has 0 radical (unpaired) electrons. The number of aliphatic imine (C=N–C) groups is 1. The summed E-state index contributed by atoms with van der Waals surface area (Å²) in [5.41, 5.74) is 5.95. The first-order chi connectivity index (χ1) is 23.4. The van der Waals surface area contributed by atoms with Gasteiger partial charge in [0.15, 0.2) is 0 Å². The van der Waals surface area contributed by atoms with Gasteiger partial charge in [0.1, 0.15) is 0 Å². The van der Waals surface area contributed by atoms with E-state index in [1.807, 2.05) is 20.8 Å². The maximum atomic E-state index is 12.9. The zero-order chi connectivity index (χ0) is 34.1. The Labute approximate surface area is 284 Å². The van der Waals surface area contributed by atoms with Gasteiger partial charge < -0.3 is 14.7 Å². The highest BCUT2D eigenvalue weighted by atomic mass is 16.6. The molecule has 3 aromatic carbocycles. The molecule has 2 aliphatic heterocycles. The third-order valence-corrected chi connectivity index (χ3v) is 10.2. The van der Waals surface area contributed by atoms with Crippen molar-refractivity contribution >= 4 is 24.2 Å². The number of nitro benzene ring substituents is 1. The molecule has 252 valence electrons. The second-order valence-corrected chi connectivity index (χ2v) is 12.7. The lowest BCUT2D eigenvalue weighted by Crippen LogP contribution is -2.49. The lowest BCUT2D eigenvalue weighted by atomic mass is 9.68. The molecule has 3 aromatic rings. The van der Waals surface area contributed by atoms with Gasteiger partial charge in [-0.1, -0.05) is 86.6 Å². The smallest absolute Gasteiger partial charge is 0.269 e. The average molecular weight is 650 g/mol. The van der Waals surface area contributed by atoms with Crippen molar-refractivity contribution in [1.29, 1.82) is 0 Å². The fraction of sp³-hybridized carbons (Fsp3) is 0.410. The number of nitro groups is 1. The van der Waals surface area contributed by atoms with Gasteiger partial charge in [0, 0.05) is 36.3 Å². The summed E-state index contributed by atoms with van der Waals surface area (Å²) in [5.74, 6) is -0.393. The van der Waals surface area contributed by atoms with E-state index < -0.39 is 16.9 Å². The maximum Gasteiger partial charge on any atom is 0.269 e. The Kier molecular flexibility index (Phi) is 11.5. The molecule has 0 aliphatic carbocycles. The fourth-order valence-corrected chi connectivity index (χ4v) is 7.69. The SMILES string of the molecule is CCC1=NC(CC)=C(N(C=O)CCCN2CCC(c3ccccc3)(c3ccccc3)CC2)C(c2ccc([N+](=O)[O-])cc2)C1N(C=O)CC. The van der Waals surface area contributed by atoms with Gasteiger partial charge in [-0.05, 0) is 75.4 Å². The normalized spacial score (nSPS) is 19.4. The number of likely N-dealkylation sites (N-methyl/N-ethyl adjacent to an activating group) is 1. The number of benzene rings is 3. The molecular formula is C39H47N5O4. The number of rotatable bonds is 15. The summed E-state index contributed by atoms with van der Waals surface area (Å²) in [6.45, 7) is 9.70. The lowest BCUT2D eigenvalue weighted by Gasteiger charge is -2.43. The zero-order valence-electron chi connectivity index (χ0n) is 28.3. The van der Waals surface area contributed by atoms with Crippen LogP contribution in [0, 0.1) is 10.1 Å². The van der Waals surface area contributed by atoms with E-state index in [0.717, 1.165) is 74.4 Å². The van der Waals surface area contributed by atoms with Crippen molar-refractivity contribution in [2.24, 2.45) is 4.99 Å². The van der Waals surface area contributed by atoms with Crippen molar-refractivity contribution in [3.05, 3.63) is 123 Å². The molecule has 0 N–H and O–H groups in total. The number of likely N-dealkylation sites (tertiary alicyclic amines) is 1. The maximum absolute atomic E-state index is 12.9. The van der Waals surface area contributed by atoms with Crippen molar-refractivity contribution in [2.45, 2.75) is 70.3 Å². The molecule has 9 nitrogen and oxygen atoms in total. The van der Waals surface area contributed by atoms with Crippen LogP contribution in [0.15, 0.2) is 101 Å². The first kappa shape index (κ1) is 34.7. The van der Waals surface area contributed by atoms with Gasteiger partial charge in [-0.3, -0.25) is 24.7 Å². The summed E-state index contributed by atoms with van der Waals surface area (Å²) in [7, 11) is 0. The van der Waals surface area contributed by atoms with Crippen molar-refractivity contribution in [1.82, 2.24) is 14.7 Å². The minimum absolute atomic E-state index is 0.00297. The van der Waals surface area contributed by atoms with Crippen LogP contribution < -0.4 is 0 Å². The molecule has 1 saturated heterocycles. The average Bonchev–Trinajstić information content (AvgIpc) is 3.14. The van der Waals surface area contributed by atoms with Gasteiger partial charge in [-0.2, -0.15) is 0 Å². The Morgan fingerprint density at radius 3 is 1.96 bits per heavy atom. The molecule has 2 atom stereocenters. The number of amides is 2. The third-order valence-electron chi connectivity index (χ3n) is 10.2. The summed E-state index contributed by atoms with van der Waals surface area (Å²) < 4.78 is 0. The fourth-order valence-electron chi connectivity index (χ4n) is 7.69. The van der Waals surface area contributed by atoms with E-state index >= 15 is 0 Å². The van der Waals surface area contributed by atoms with E-state index in [4.69, 9.17) is 4.99 Å².